The molecule has 2 aromatic carbocycles. The third-order valence-electron chi connectivity index (χ3n) is 3.45. The van der Waals surface area contributed by atoms with Crippen LogP contribution in [-0.4, -0.2) is 22.1 Å². The summed E-state index contributed by atoms with van der Waals surface area (Å²) in [7, 11) is -2.09. The van der Waals surface area contributed by atoms with Crippen LogP contribution in [0.1, 0.15) is 11.1 Å². The molecule has 138 valence electrons. The van der Waals surface area contributed by atoms with Gasteiger partial charge in [-0.1, -0.05) is 35.3 Å². The van der Waals surface area contributed by atoms with Crippen molar-refractivity contribution < 1.29 is 25.6 Å². The Morgan fingerprint density at radius 2 is 1.80 bits per heavy atom. The van der Waals surface area contributed by atoms with Crippen molar-refractivity contribution in [2.24, 2.45) is 5.14 Å². The summed E-state index contributed by atoms with van der Waals surface area (Å²) in [5.74, 6) is 0.603. The molecule has 3 N–H and O–H groups in total. The van der Waals surface area contributed by atoms with Crippen LogP contribution in [0, 0.1) is 0 Å². The van der Waals surface area contributed by atoms with Gasteiger partial charge >= 0.3 is 0 Å². The molecule has 0 atom stereocenters. The molecule has 0 bridgehead atoms. The minimum absolute atomic E-state index is 0. The maximum Gasteiger partial charge on any atom is 0.238 e. The maximum atomic E-state index is 11.2. The van der Waals surface area contributed by atoms with Crippen LogP contribution in [0.2, 0.25) is 10.0 Å². The first-order valence-corrected chi connectivity index (χ1v) is 9.46. The summed E-state index contributed by atoms with van der Waals surface area (Å²) in [6, 6.07) is 9.95. The fourth-order valence-electron chi connectivity index (χ4n) is 2.28. The Hall–Kier alpha value is -1.02. The lowest BCUT2D eigenvalue weighted by atomic mass is 10.1. The van der Waals surface area contributed by atoms with Crippen molar-refractivity contribution in [3.8, 4) is 5.75 Å². The van der Waals surface area contributed by atoms with Crippen molar-refractivity contribution in [2.75, 3.05) is 13.7 Å². The van der Waals surface area contributed by atoms with Crippen molar-refractivity contribution in [2.45, 2.75) is 17.9 Å². The number of hydrogen-bond acceptors (Lipinski definition) is 4. The van der Waals surface area contributed by atoms with E-state index in [0.717, 1.165) is 17.5 Å². The van der Waals surface area contributed by atoms with Gasteiger partial charge < -0.3 is 22.5 Å². The zero-order valence-corrected chi connectivity index (χ0v) is 16.5. The number of methoxy groups -OCH3 is 1. The predicted molar refractivity (Wildman–Crippen MR) is 96.2 cm³/mol. The molecule has 2 rings (SSSR count). The predicted octanol–water partition coefficient (Wildman–Crippen LogP) is -0.0143. The number of halogens is 3. The quantitative estimate of drug-likeness (QED) is 0.613. The molecule has 5 nitrogen and oxygen atoms in total. The van der Waals surface area contributed by atoms with Gasteiger partial charge in [0.2, 0.25) is 10.0 Å². The molecule has 0 aliphatic carbocycles. The summed E-state index contributed by atoms with van der Waals surface area (Å²) in [6.45, 7) is 1.25. The molecule has 0 aliphatic heterocycles. The fourth-order valence-corrected chi connectivity index (χ4v) is 3.40. The SMILES string of the molecule is COc1c(Cl)cc(Cl)cc1CNCCc1ccc(S(N)(=O)=O)cc1.[Cl-]. The van der Waals surface area contributed by atoms with E-state index in [-0.39, 0.29) is 17.3 Å². The third-order valence-corrected chi connectivity index (χ3v) is 4.88. The lowest BCUT2D eigenvalue weighted by molar-refractivity contribution is -0.00000764. The second-order valence-electron chi connectivity index (χ2n) is 5.20. The van der Waals surface area contributed by atoms with Gasteiger partial charge in [-0.15, -0.1) is 0 Å². The lowest BCUT2D eigenvalue weighted by Gasteiger charge is -2.12. The van der Waals surface area contributed by atoms with Crippen LogP contribution in [-0.2, 0) is 23.0 Å². The monoisotopic (exact) mass is 423 g/mol. The average molecular weight is 425 g/mol. The van der Waals surface area contributed by atoms with E-state index in [1.807, 2.05) is 0 Å². The van der Waals surface area contributed by atoms with E-state index in [4.69, 9.17) is 33.1 Å². The van der Waals surface area contributed by atoms with Crippen LogP contribution in [0.15, 0.2) is 41.3 Å². The normalized spacial score (nSPS) is 11.0. The standard InChI is InChI=1S/C16H18Cl2N2O3S.ClH/c1-23-16-12(8-13(17)9-15(16)18)10-20-7-6-11-2-4-14(5-3-11)24(19,21)22;/h2-5,8-9,20H,6-7,10H2,1H3,(H2,19,21,22);1H/p-1. The minimum Gasteiger partial charge on any atom is -1.00 e. The van der Waals surface area contributed by atoms with Gasteiger partial charge in [-0.3, -0.25) is 0 Å². The average Bonchev–Trinajstić information content (AvgIpc) is 2.51. The molecule has 25 heavy (non-hydrogen) atoms. The Morgan fingerprint density at radius 3 is 2.36 bits per heavy atom. The van der Waals surface area contributed by atoms with Crippen molar-refractivity contribution in [1.29, 1.82) is 0 Å². The van der Waals surface area contributed by atoms with Crippen molar-refractivity contribution in [3.05, 3.63) is 57.6 Å². The molecule has 0 aromatic heterocycles. The van der Waals surface area contributed by atoms with E-state index in [0.29, 0.717) is 28.9 Å². The van der Waals surface area contributed by atoms with Gasteiger partial charge in [0, 0.05) is 17.1 Å². The fraction of sp³-hybridized carbons (Fsp3) is 0.250. The number of ether oxygens (including phenoxy) is 1. The number of nitrogens with two attached hydrogens (primary N) is 1. The first kappa shape index (κ1) is 22.0. The van der Waals surface area contributed by atoms with Crippen LogP contribution in [0.4, 0.5) is 0 Å². The molecule has 0 saturated carbocycles. The van der Waals surface area contributed by atoms with Crippen molar-refractivity contribution in [3.63, 3.8) is 0 Å². The molecule has 0 unspecified atom stereocenters. The van der Waals surface area contributed by atoms with Crippen LogP contribution >= 0.6 is 23.2 Å². The highest BCUT2D eigenvalue weighted by molar-refractivity contribution is 7.89. The summed E-state index contributed by atoms with van der Waals surface area (Å²) < 4.78 is 27.7. The Balaban J connectivity index is 0.00000312. The van der Waals surface area contributed by atoms with Crippen LogP contribution < -0.4 is 27.6 Å². The second-order valence-corrected chi connectivity index (χ2v) is 7.60. The van der Waals surface area contributed by atoms with Gasteiger partial charge in [0.1, 0.15) is 5.75 Å². The van der Waals surface area contributed by atoms with Gasteiger partial charge in [0.05, 0.1) is 17.0 Å². The lowest BCUT2D eigenvalue weighted by Crippen LogP contribution is -3.00. The number of hydrogen-bond donors (Lipinski definition) is 2. The van der Waals surface area contributed by atoms with Crippen molar-refractivity contribution >= 4 is 33.2 Å². The van der Waals surface area contributed by atoms with E-state index < -0.39 is 10.0 Å². The highest BCUT2D eigenvalue weighted by Gasteiger charge is 2.10. The second kappa shape index (κ2) is 9.62. The molecule has 2 aromatic rings. The largest absolute Gasteiger partial charge is 1.00 e. The summed E-state index contributed by atoms with van der Waals surface area (Å²) in [4.78, 5) is 0.109. The molecule has 0 saturated heterocycles. The molecule has 0 radical (unpaired) electrons. The molecular weight excluding hydrogens is 407 g/mol. The highest BCUT2D eigenvalue weighted by Crippen LogP contribution is 2.32. The van der Waals surface area contributed by atoms with Crippen LogP contribution in [0.3, 0.4) is 0 Å². The molecule has 0 amide bonds. The number of nitrogens with one attached hydrogen (secondary N) is 1. The van der Waals surface area contributed by atoms with Crippen LogP contribution in [0.25, 0.3) is 0 Å². The summed E-state index contributed by atoms with van der Waals surface area (Å²) in [6.07, 6.45) is 0.738. The van der Waals surface area contributed by atoms with E-state index in [9.17, 15) is 8.42 Å². The van der Waals surface area contributed by atoms with E-state index in [1.54, 1.807) is 31.4 Å². The smallest absolute Gasteiger partial charge is 0.238 e. The summed E-state index contributed by atoms with van der Waals surface area (Å²) in [5, 5.41) is 9.38. The molecule has 9 heteroatoms. The Bertz CT molecular complexity index is 812. The Kier molecular flexibility index (Phi) is 8.47. The summed E-state index contributed by atoms with van der Waals surface area (Å²) in [5.41, 5.74) is 1.88. The molecular formula is C16H18Cl3N2O3S-. The third kappa shape index (κ3) is 6.33. The first-order valence-electron chi connectivity index (χ1n) is 7.15. The first-order chi connectivity index (χ1) is 11.3. The number of benzene rings is 2. The maximum absolute atomic E-state index is 11.2. The van der Waals surface area contributed by atoms with Gasteiger partial charge in [-0.25, -0.2) is 13.6 Å². The Morgan fingerprint density at radius 1 is 1.16 bits per heavy atom. The summed E-state index contributed by atoms with van der Waals surface area (Å²) >= 11 is 12.1. The molecule has 0 heterocycles. The van der Waals surface area contributed by atoms with Gasteiger partial charge in [-0.2, -0.15) is 0 Å². The number of sulfonamides is 1. The van der Waals surface area contributed by atoms with E-state index in [2.05, 4.69) is 5.32 Å². The van der Waals surface area contributed by atoms with Gasteiger partial charge in [-0.05, 0) is 42.8 Å². The Labute approximate surface area is 163 Å². The topological polar surface area (TPSA) is 81.4 Å². The van der Waals surface area contributed by atoms with Gasteiger partial charge in [0.25, 0.3) is 0 Å². The highest BCUT2D eigenvalue weighted by atomic mass is 35.5. The molecule has 0 spiro atoms. The molecule has 0 fully saturated rings. The zero-order chi connectivity index (χ0) is 17.7. The van der Waals surface area contributed by atoms with E-state index >= 15 is 0 Å². The zero-order valence-electron chi connectivity index (χ0n) is 13.4. The molecule has 0 aliphatic rings. The van der Waals surface area contributed by atoms with Gasteiger partial charge in [0.15, 0.2) is 0 Å². The number of rotatable bonds is 7. The minimum atomic E-state index is -3.65. The van der Waals surface area contributed by atoms with Crippen LogP contribution in [0.5, 0.6) is 5.75 Å². The number of primary sulfonamides is 1. The van der Waals surface area contributed by atoms with E-state index in [1.165, 1.54) is 12.1 Å². The van der Waals surface area contributed by atoms with Crippen molar-refractivity contribution in [1.82, 2.24) is 5.32 Å².